The molecule has 2 aromatic heterocycles. The molecule has 0 spiro atoms. The summed E-state index contributed by atoms with van der Waals surface area (Å²) in [5.74, 6) is 1.12. The largest absolute Gasteiger partial charge is 0.446 e. The van der Waals surface area contributed by atoms with Crippen LogP contribution in [0.15, 0.2) is 27.6 Å². The first-order chi connectivity index (χ1) is 11.9. The van der Waals surface area contributed by atoms with E-state index in [4.69, 9.17) is 15.0 Å². The van der Waals surface area contributed by atoms with Crippen LogP contribution in [0.5, 0.6) is 0 Å². The Morgan fingerprint density at radius 2 is 2.04 bits per heavy atom. The lowest BCUT2D eigenvalue weighted by Gasteiger charge is -2.28. The molecule has 1 aliphatic carbocycles. The molecule has 134 valence electrons. The van der Waals surface area contributed by atoms with Crippen molar-refractivity contribution >= 4 is 6.09 Å². The van der Waals surface area contributed by atoms with Gasteiger partial charge in [0.2, 0.25) is 0 Å². The molecule has 1 fully saturated rings. The number of hydrogen-bond acceptors (Lipinski definition) is 5. The zero-order chi connectivity index (χ0) is 18.0. The molecule has 2 heterocycles. The molecule has 1 aliphatic rings. The zero-order valence-corrected chi connectivity index (χ0v) is 14.5. The number of primary amides is 1. The fourth-order valence-corrected chi connectivity index (χ4v) is 3.59. The van der Waals surface area contributed by atoms with Gasteiger partial charge in [-0.25, -0.2) is 4.79 Å². The van der Waals surface area contributed by atoms with Gasteiger partial charge in [-0.15, -0.1) is 0 Å². The minimum Gasteiger partial charge on any atom is -0.446 e. The van der Waals surface area contributed by atoms with Crippen molar-refractivity contribution in [3.63, 3.8) is 0 Å². The van der Waals surface area contributed by atoms with E-state index in [-0.39, 0.29) is 11.7 Å². The number of nitrogens with zero attached hydrogens (tertiary/aromatic N) is 2. The maximum atomic E-state index is 12.2. The summed E-state index contributed by atoms with van der Waals surface area (Å²) in [5.41, 5.74) is 7.73. The molecule has 7 heteroatoms. The predicted octanol–water partition coefficient (Wildman–Crippen LogP) is 2.77. The Balaban J connectivity index is 1.72. The Morgan fingerprint density at radius 1 is 1.32 bits per heavy atom. The first kappa shape index (κ1) is 17.3. The van der Waals surface area contributed by atoms with Crippen LogP contribution in [0.25, 0.3) is 11.1 Å². The summed E-state index contributed by atoms with van der Waals surface area (Å²) in [6.07, 6.45) is 4.43. The fraction of sp³-hybridized carbons (Fsp3) is 0.500. The number of aryl methyl sites for hydroxylation is 2. The van der Waals surface area contributed by atoms with E-state index in [1.165, 1.54) is 0 Å². The molecule has 0 aliphatic heterocycles. The minimum absolute atomic E-state index is 0.0222. The molecule has 7 nitrogen and oxygen atoms in total. The van der Waals surface area contributed by atoms with Crippen molar-refractivity contribution < 1.29 is 14.1 Å². The summed E-state index contributed by atoms with van der Waals surface area (Å²) in [7, 11) is 0. The van der Waals surface area contributed by atoms with Crippen LogP contribution in [0, 0.1) is 19.8 Å². The highest BCUT2D eigenvalue weighted by Crippen LogP contribution is 2.29. The van der Waals surface area contributed by atoms with Crippen molar-refractivity contribution in [2.24, 2.45) is 11.7 Å². The average molecular weight is 345 g/mol. The lowest BCUT2D eigenvalue weighted by atomic mass is 9.87. The number of nitrogens with two attached hydrogens (primary N) is 1. The molecule has 0 atom stereocenters. The lowest BCUT2D eigenvalue weighted by molar-refractivity contribution is 0.0685. The van der Waals surface area contributed by atoms with Crippen LogP contribution >= 0.6 is 0 Å². The summed E-state index contributed by atoms with van der Waals surface area (Å²) < 4.78 is 12.0. The van der Waals surface area contributed by atoms with Crippen molar-refractivity contribution in [3.05, 3.63) is 40.1 Å². The van der Waals surface area contributed by atoms with Gasteiger partial charge in [0.1, 0.15) is 11.9 Å². The maximum Gasteiger partial charge on any atom is 0.404 e. The molecule has 0 aromatic carbocycles. The van der Waals surface area contributed by atoms with Gasteiger partial charge >= 0.3 is 6.09 Å². The molecule has 2 N–H and O–H groups in total. The van der Waals surface area contributed by atoms with Gasteiger partial charge in [0, 0.05) is 29.9 Å². The number of carbonyl (C=O) groups excluding carboxylic acids is 1. The maximum absolute atomic E-state index is 12.2. The van der Waals surface area contributed by atoms with Gasteiger partial charge in [-0.2, -0.15) is 0 Å². The van der Waals surface area contributed by atoms with Crippen molar-refractivity contribution in [1.29, 1.82) is 0 Å². The van der Waals surface area contributed by atoms with Crippen LogP contribution in [0.4, 0.5) is 4.79 Å². The van der Waals surface area contributed by atoms with E-state index < -0.39 is 6.09 Å². The Bertz CT molecular complexity index is 796. The summed E-state index contributed by atoms with van der Waals surface area (Å²) >= 11 is 0. The SMILES string of the molecule is Cc1noc(C)c1-c1ccc(=O)n(C[C@H]2CC[C@H](OC(N)=O)CC2)c1. The number of aromatic nitrogens is 2. The van der Waals surface area contributed by atoms with Gasteiger partial charge in [-0.1, -0.05) is 5.16 Å². The molecule has 0 bridgehead atoms. The van der Waals surface area contributed by atoms with Crippen LogP contribution < -0.4 is 11.3 Å². The molecule has 1 saturated carbocycles. The third kappa shape index (κ3) is 3.92. The van der Waals surface area contributed by atoms with Crippen molar-refractivity contribution in [1.82, 2.24) is 9.72 Å². The third-order valence-corrected chi connectivity index (χ3v) is 4.84. The molecule has 1 amide bonds. The summed E-state index contributed by atoms with van der Waals surface area (Å²) in [5, 5.41) is 3.98. The number of carbonyl (C=O) groups is 1. The highest BCUT2D eigenvalue weighted by atomic mass is 16.6. The van der Waals surface area contributed by atoms with Gasteiger partial charge in [0.25, 0.3) is 5.56 Å². The topological polar surface area (TPSA) is 100 Å². The first-order valence-corrected chi connectivity index (χ1v) is 8.54. The highest BCUT2D eigenvalue weighted by molar-refractivity contribution is 5.66. The normalized spacial score (nSPS) is 20.4. The van der Waals surface area contributed by atoms with Crippen LogP contribution in [0.2, 0.25) is 0 Å². The number of ether oxygens (including phenoxy) is 1. The van der Waals surface area contributed by atoms with Crippen molar-refractivity contribution in [3.8, 4) is 11.1 Å². The summed E-state index contributed by atoms with van der Waals surface area (Å²) in [4.78, 5) is 23.1. The molecule has 2 aromatic rings. The smallest absolute Gasteiger partial charge is 0.404 e. The monoisotopic (exact) mass is 345 g/mol. The van der Waals surface area contributed by atoms with Crippen LogP contribution in [0.1, 0.15) is 37.1 Å². The van der Waals surface area contributed by atoms with Gasteiger partial charge < -0.3 is 19.6 Å². The molecule has 25 heavy (non-hydrogen) atoms. The Morgan fingerprint density at radius 3 is 2.64 bits per heavy atom. The van der Waals surface area contributed by atoms with Crippen LogP contribution in [-0.2, 0) is 11.3 Å². The number of pyridine rings is 1. The average Bonchev–Trinajstić information content (AvgIpc) is 2.90. The van der Waals surface area contributed by atoms with Gasteiger partial charge in [-0.3, -0.25) is 4.79 Å². The van der Waals surface area contributed by atoms with Crippen LogP contribution in [0.3, 0.4) is 0 Å². The molecule has 0 saturated heterocycles. The summed E-state index contributed by atoms with van der Waals surface area (Å²) in [6, 6.07) is 3.39. The second-order valence-electron chi connectivity index (χ2n) is 6.69. The first-order valence-electron chi connectivity index (χ1n) is 8.54. The van der Waals surface area contributed by atoms with Gasteiger partial charge in [-0.05, 0) is 51.5 Å². The molecule has 0 radical (unpaired) electrons. The van der Waals surface area contributed by atoms with E-state index in [1.54, 1.807) is 10.6 Å². The van der Waals surface area contributed by atoms with E-state index in [1.807, 2.05) is 26.1 Å². The summed E-state index contributed by atoms with van der Waals surface area (Å²) in [6.45, 7) is 4.41. The molecular weight excluding hydrogens is 322 g/mol. The predicted molar refractivity (Wildman–Crippen MR) is 92.1 cm³/mol. The lowest BCUT2D eigenvalue weighted by Crippen LogP contribution is -2.30. The van der Waals surface area contributed by atoms with E-state index >= 15 is 0 Å². The Hall–Kier alpha value is -2.57. The van der Waals surface area contributed by atoms with E-state index in [2.05, 4.69) is 5.16 Å². The Kier molecular flexibility index (Phi) is 4.92. The quantitative estimate of drug-likeness (QED) is 0.918. The van der Waals surface area contributed by atoms with Gasteiger partial charge in [0.05, 0.1) is 5.69 Å². The highest BCUT2D eigenvalue weighted by Gasteiger charge is 2.24. The second-order valence-corrected chi connectivity index (χ2v) is 6.69. The molecule has 0 unspecified atom stereocenters. The molecule has 3 rings (SSSR count). The van der Waals surface area contributed by atoms with Gasteiger partial charge in [0.15, 0.2) is 0 Å². The van der Waals surface area contributed by atoms with Crippen molar-refractivity contribution in [2.75, 3.05) is 0 Å². The fourth-order valence-electron chi connectivity index (χ4n) is 3.59. The van der Waals surface area contributed by atoms with E-state index in [0.717, 1.165) is 48.3 Å². The van der Waals surface area contributed by atoms with E-state index in [9.17, 15) is 9.59 Å². The third-order valence-electron chi connectivity index (χ3n) is 4.84. The number of hydrogen-bond donors (Lipinski definition) is 1. The zero-order valence-electron chi connectivity index (χ0n) is 14.5. The second kappa shape index (κ2) is 7.13. The van der Waals surface area contributed by atoms with E-state index in [0.29, 0.717) is 12.5 Å². The van der Waals surface area contributed by atoms with Crippen molar-refractivity contribution in [2.45, 2.75) is 52.2 Å². The minimum atomic E-state index is -0.716. The Labute approximate surface area is 145 Å². The standard InChI is InChI=1S/C18H23N3O4/c1-11-17(12(2)25-20-11)14-5-8-16(22)21(10-14)9-13-3-6-15(7-4-13)24-18(19)23/h5,8,10,13,15H,3-4,6-7,9H2,1-2H3,(H2,19,23)/t13-,15-. The van der Waals surface area contributed by atoms with Crippen LogP contribution in [-0.4, -0.2) is 21.9 Å². The molecular formula is C18H23N3O4. The number of amides is 1. The number of rotatable bonds is 4.